The fourth-order valence-corrected chi connectivity index (χ4v) is 1.01. The fourth-order valence-electron chi connectivity index (χ4n) is 0.818. The summed E-state index contributed by atoms with van der Waals surface area (Å²) >= 11 is 10.6. The number of rotatable bonds is 2. The number of hydrogen-bond acceptors (Lipinski definition) is 5. The second-order valence-corrected chi connectivity index (χ2v) is 3.67. The molecule has 0 atom stereocenters. The van der Waals surface area contributed by atoms with Crippen molar-refractivity contribution < 1.29 is 13.6 Å². The molecule has 0 bridgehead atoms. The minimum Gasteiger partial charge on any atom is -0.298 e. The van der Waals surface area contributed by atoms with Crippen molar-refractivity contribution in [1.82, 2.24) is 19.9 Å². The smallest absolute Gasteiger partial charge is 0.266 e. The molecule has 100 valence electrons. The first-order chi connectivity index (χ1) is 9.02. The van der Waals surface area contributed by atoms with Crippen molar-refractivity contribution in [1.29, 1.82) is 0 Å². The normalized spacial score (nSPS) is 9.74. The molecule has 0 aliphatic rings. The van der Waals surface area contributed by atoms with Gasteiger partial charge >= 0.3 is 0 Å². The van der Waals surface area contributed by atoms with E-state index in [1.807, 2.05) is 0 Å². The number of nitrogens with zero attached hydrogens (tertiary/aromatic N) is 4. The standard InChI is InChI=1S/C5H3ClF2N2.C5H3ClN2O/c6-5-9-1-3(2-10-5)4(7)8;6-5-7-1-4(3-9)2-8-5/h1-2,4H;1-3H. The second kappa shape index (κ2) is 7.65. The Kier molecular flexibility index (Phi) is 6.17. The molecular weight excluding hydrogens is 301 g/mol. The molecule has 0 unspecified atom stereocenters. The quantitative estimate of drug-likeness (QED) is 0.630. The first kappa shape index (κ1) is 15.3. The van der Waals surface area contributed by atoms with E-state index in [0.29, 0.717) is 11.8 Å². The van der Waals surface area contributed by atoms with E-state index in [-0.39, 0.29) is 16.1 Å². The zero-order valence-electron chi connectivity index (χ0n) is 9.17. The van der Waals surface area contributed by atoms with Crippen LogP contribution >= 0.6 is 23.2 Å². The highest BCUT2D eigenvalue weighted by molar-refractivity contribution is 6.28. The maximum Gasteiger partial charge on any atom is 0.266 e. The predicted molar refractivity (Wildman–Crippen MR) is 64.4 cm³/mol. The number of alkyl halides is 2. The largest absolute Gasteiger partial charge is 0.298 e. The summed E-state index contributed by atoms with van der Waals surface area (Å²) in [5, 5.41) is 0.130. The summed E-state index contributed by atoms with van der Waals surface area (Å²) in [6.07, 6.45) is 2.86. The van der Waals surface area contributed by atoms with Gasteiger partial charge in [-0.05, 0) is 23.2 Å². The van der Waals surface area contributed by atoms with Crippen molar-refractivity contribution in [3.8, 4) is 0 Å². The molecule has 9 heteroatoms. The molecule has 5 nitrogen and oxygen atoms in total. The van der Waals surface area contributed by atoms with Crippen molar-refractivity contribution in [2.24, 2.45) is 0 Å². The Labute approximate surface area is 116 Å². The third kappa shape index (κ3) is 5.62. The van der Waals surface area contributed by atoms with Crippen LogP contribution in [0.2, 0.25) is 10.6 Å². The summed E-state index contributed by atoms with van der Waals surface area (Å²) in [7, 11) is 0. The van der Waals surface area contributed by atoms with E-state index in [4.69, 9.17) is 23.2 Å². The highest BCUT2D eigenvalue weighted by Crippen LogP contribution is 2.16. The maximum atomic E-state index is 11.8. The van der Waals surface area contributed by atoms with Crippen LogP contribution in [0.5, 0.6) is 0 Å². The molecule has 2 heterocycles. The van der Waals surface area contributed by atoms with Gasteiger partial charge in [-0.1, -0.05) is 0 Å². The lowest BCUT2D eigenvalue weighted by Gasteiger charge is -1.95. The molecule has 2 aromatic heterocycles. The Morgan fingerprint density at radius 1 is 0.947 bits per heavy atom. The van der Waals surface area contributed by atoms with Crippen LogP contribution in [0.3, 0.4) is 0 Å². The van der Waals surface area contributed by atoms with E-state index in [1.165, 1.54) is 12.4 Å². The van der Waals surface area contributed by atoms with Crippen LogP contribution < -0.4 is 0 Å². The van der Waals surface area contributed by atoms with Gasteiger partial charge in [-0.3, -0.25) is 4.79 Å². The van der Waals surface area contributed by atoms with Crippen LogP contribution in [0.25, 0.3) is 0 Å². The minimum atomic E-state index is -2.53. The topological polar surface area (TPSA) is 68.6 Å². The molecule has 0 fully saturated rings. The Hall–Kier alpha value is -1.73. The number of hydrogen-bond donors (Lipinski definition) is 0. The molecule has 0 aliphatic carbocycles. The van der Waals surface area contributed by atoms with Gasteiger partial charge in [-0.25, -0.2) is 28.7 Å². The zero-order chi connectivity index (χ0) is 14.3. The molecule has 2 rings (SSSR count). The second-order valence-electron chi connectivity index (χ2n) is 2.99. The number of carbonyl (C=O) groups excluding carboxylic acids is 1. The van der Waals surface area contributed by atoms with Gasteiger partial charge < -0.3 is 0 Å². The summed E-state index contributed by atoms with van der Waals surface area (Å²) in [6.45, 7) is 0. The van der Waals surface area contributed by atoms with Gasteiger partial charge in [-0.2, -0.15) is 0 Å². The Morgan fingerprint density at radius 2 is 1.37 bits per heavy atom. The summed E-state index contributed by atoms with van der Waals surface area (Å²) in [5.74, 6) is 0. The lowest BCUT2D eigenvalue weighted by Crippen LogP contribution is -1.88. The van der Waals surface area contributed by atoms with Gasteiger partial charge in [0.2, 0.25) is 10.6 Å². The SMILES string of the molecule is FC(F)c1cnc(Cl)nc1.O=Cc1cnc(Cl)nc1. The number of aromatic nitrogens is 4. The van der Waals surface area contributed by atoms with Crippen molar-refractivity contribution >= 4 is 29.5 Å². The van der Waals surface area contributed by atoms with E-state index in [1.54, 1.807) is 0 Å². The molecule has 0 aliphatic heterocycles. The van der Waals surface area contributed by atoms with Crippen LogP contribution in [0.1, 0.15) is 22.3 Å². The van der Waals surface area contributed by atoms with E-state index in [9.17, 15) is 13.6 Å². The van der Waals surface area contributed by atoms with Crippen molar-refractivity contribution in [3.05, 3.63) is 46.5 Å². The Balaban J connectivity index is 0.000000191. The monoisotopic (exact) mass is 306 g/mol. The molecule has 0 saturated heterocycles. The zero-order valence-corrected chi connectivity index (χ0v) is 10.7. The lowest BCUT2D eigenvalue weighted by molar-refractivity contribution is 0.112. The van der Waals surface area contributed by atoms with E-state index in [0.717, 1.165) is 12.4 Å². The summed E-state index contributed by atoms with van der Waals surface area (Å²) in [5.41, 5.74) is 0.212. The lowest BCUT2D eigenvalue weighted by atomic mass is 10.4. The van der Waals surface area contributed by atoms with Crippen LogP contribution in [-0.2, 0) is 0 Å². The minimum absolute atomic E-state index is 0.0237. The number of carbonyl (C=O) groups is 1. The van der Waals surface area contributed by atoms with Gasteiger partial charge in [0.25, 0.3) is 6.43 Å². The molecule has 0 N–H and O–H groups in total. The molecule has 0 amide bonds. The molecule has 0 radical (unpaired) electrons. The van der Waals surface area contributed by atoms with Crippen molar-refractivity contribution in [2.45, 2.75) is 6.43 Å². The highest BCUT2D eigenvalue weighted by atomic mass is 35.5. The molecule has 2 aromatic rings. The van der Waals surface area contributed by atoms with Crippen LogP contribution in [0.4, 0.5) is 8.78 Å². The van der Waals surface area contributed by atoms with Crippen molar-refractivity contribution in [3.63, 3.8) is 0 Å². The molecule has 19 heavy (non-hydrogen) atoms. The fraction of sp³-hybridized carbons (Fsp3) is 0.100. The van der Waals surface area contributed by atoms with Crippen LogP contribution in [0, 0.1) is 0 Å². The Morgan fingerprint density at radius 3 is 1.74 bits per heavy atom. The van der Waals surface area contributed by atoms with Crippen LogP contribution in [0.15, 0.2) is 24.8 Å². The van der Waals surface area contributed by atoms with Crippen molar-refractivity contribution in [2.75, 3.05) is 0 Å². The summed E-state index contributed by atoms with van der Waals surface area (Å²) in [4.78, 5) is 23.9. The molecule has 0 saturated carbocycles. The summed E-state index contributed by atoms with van der Waals surface area (Å²) in [6, 6.07) is 0. The van der Waals surface area contributed by atoms with Gasteiger partial charge in [0.15, 0.2) is 6.29 Å². The maximum absolute atomic E-state index is 11.8. The first-order valence-corrected chi connectivity index (χ1v) is 5.47. The third-order valence-electron chi connectivity index (χ3n) is 1.67. The van der Waals surface area contributed by atoms with E-state index < -0.39 is 6.43 Å². The average molecular weight is 307 g/mol. The number of halogens is 4. The van der Waals surface area contributed by atoms with Gasteiger partial charge in [0, 0.05) is 24.8 Å². The number of aldehydes is 1. The third-order valence-corrected chi connectivity index (χ3v) is 2.06. The Bertz CT molecular complexity index is 522. The first-order valence-electron chi connectivity index (χ1n) is 4.71. The average Bonchev–Trinajstić information content (AvgIpc) is 2.41. The summed E-state index contributed by atoms with van der Waals surface area (Å²) < 4.78 is 23.6. The van der Waals surface area contributed by atoms with E-state index >= 15 is 0 Å². The van der Waals surface area contributed by atoms with Crippen LogP contribution in [-0.4, -0.2) is 26.2 Å². The molecular formula is C10H6Cl2F2N4O. The highest BCUT2D eigenvalue weighted by Gasteiger charge is 2.06. The van der Waals surface area contributed by atoms with Gasteiger partial charge in [0.1, 0.15) is 0 Å². The van der Waals surface area contributed by atoms with E-state index in [2.05, 4.69) is 19.9 Å². The predicted octanol–water partition coefficient (Wildman–Crippen LogP) is 3.01. The van der Waals surface area contributed by atoms with Gasteiger partial charge in [0.05, 0.1) is 11.1 Å². The molecule has 0 aromatic carbocycles. The van der Waals surface area contributed by atoms with Gasteiger partial charge in [-0.15, -0.1) is 0 Å². The molecule has 0 spiro atoms.